The van der Waals surface area contributed by atoms with Crippen molar-refractivity contribution in [1.82, 2.24) is 10.2 Å². The number of hydrogen-bond acceptors (Lipinski definition) is 5. The van der Waals surface area contributed by atoms with Crippen LogP contribution in [-0.2, 0) is 16.0 Å². The van der Waals surface area contributed by atoms with E-state index in [1.807, 2.05) is 16.3 Å². The van der Waals surface area contributed by atoms with Crippen LogP contribution in [0.5, 0.6) is 0 Å². The number of rotatable bonds is 10. The molecule has 0 spiro atoms. The second kappa shape index (κ2) is 9.91. The molecule has 1 amide bonds. The van der Waals surface area contributed by atoms with Crippen LogP contribution < -0.4 is 5.32 Å². The molecule has 1 aromatic heterocycles. The summed E-state index contributed by atoms with van der Waals surface area (Å²) in [5.74, 6) is -0.0129. The maximum absolute atomic E-state index is 11.7. The van der Waals surface area contributed by atoms with Crippen molar-refractivity contribution >= 4 is 17.2 Å². The van der Waals surface area contributed by atoms with E-state index in [1.54, 1.807) is 18.4 Å². The minimum atomic E-state index is -0.0129. The fourth-order valence-electron chi connectivity index (χ4n) is 1.67. The van der Waals surface area contributed by atoms with Crippen molar-refractivity contribution < 1.29 is 14.6 Å². The summed E-state index contributed by atoms with van der Waals surface area (Å²) in [7, 11) is 1.62. The number of aliphatic hydroxyl groups excluding tert-OH is 1. The standard InChI is InChI=1S/C13H22N2O3S/c1-18-9-7-15(6-8-16)11-13(17)14-5-4-12-3-2-10-19-12/h2-3,10,16H,4-9,11H2,1H3,(H,14,17). The Balaban J connectivity index is 2.19. The lowest BCUT2D eigenvalue weighted by molar-refractivity contribution is -0.122. The highest BCUT2D eigenvalue weighted by Crippen LogP contribution is 2.07. The smallest absolute Gasteiger partial charge is 0.234 e. The zero-order chi connectivity index (χ0) is 13.9. The lowest BCUT2D eigenvalue weighted by atomic mass is 10.3. The zero-order valence-corrected chi connectivity index (χ0v) is 12.1. The van der Waals surface area contributed by atoms with Gasteiger partial charge in [0, 0.05) is 31.6 Å². The number of aliphatic hydroxyl groups is 1. The summed E-state index contributed by atoms with van der Waals surface area (Å²) in [6.45, 7) is 2.69. The lowest BCUT2D eigenvalue weighted by Gasteiger charge is -2.20. The molecule has 0 aromatic carbocycles. The Bertz CT molecular complexity index is 344. The van der Waals surface area contributed by atoms with Crippen LogP contribution in [0.2, 0.25) is 0 Å². The van der Waals surface area contributed by atoms with Gasteiger partial charge in [-0.25, -0.2) is 0 Å². The molecule has 0 fully saturated rings. The van der Waals surface area contributed by atoms with Crippen molar-refractivity contribution in [3.8, 4) is 0 Å². The third-order valence-corrected chi connectivity index (χ3v) is 3.60. The summed E-state index contributed by atoms with van der Waals surface area (Å²) in [4.78, 5) is 14.9. The minimum Gasteiger partial charge on any atom is -0.395 e. The van der Waals surface area contributed by atoms with E-state index in [9.17, 15) is 4.79 Å². The molecule has 1 aromatic rings. The third kappa shape index (κ3) is 7.27. The molecule has 2 N–H and O–H groups in total. The predicted octanol–water partition coefficient (Wildman–Crippen LogP) is 0.348. The molecule has 1 rings (SSSR count). The maximum Gasteiger partial charge on any atom is 0.234 e. The Morgan fingerprint density at radius 1 is 1.53 bits per heavy atom. The van der Waals surface area contributed by atoms with Gasteiger partial charge in [-0.3, -0.25) is 9.69 Å². The minimum absolute atomic E-state index is 0.0129. The molecule has 0 aliphatic heterocycles. The van der Waals surface area contributed by atoms with Gasteiger partial charge in [0.2, 0.25) is 5.91 Å². The molecule has 0 radical (unpaired) electrons. The first-order chi connectivity index (χ1) is 9.26. The van der Waals surface area contributed by atoms with Gasteiger partial charge in [0.05, 0.1) is 19.8 Å². The third-order valence-electron chi connectivity index (χ3n) is 2.67. The van der Waals surface area contributed by atoms with Crippen LogP contribution in [0.15, 0.2) is 17.5 Å². The summed E-state index contributed by atoms with van der Waals surface area (Å²) >= 11 is 1.70. The van der Waals surface area contributed by atoms with Gasteiger partial charge in [-0.15, -0.1) is 11.3 Å². The lowest BCUT2D eigenvalue weighted by Crippen LogP contribution is -2.40. The zero-order valence-electron chi connectivity index (χ0n) is 11.3. The van der Waals surface area contributed by atoms with E-state index < -0.39 is 0 Å². The van der Waals surface area contributed by atoms with E-state index in [-0.39, 0.29) is 12.5 Å². The number of hydrogen-bond donors (Lipinski definition) is 2. The van der Waals surface area contributed by atoms with Crippen LogP contribution >= 0.6 is 11.3 Å². The van der Waals surface area contributed by atoms with Crippen molar-refractivity contribution in [2.45, 2.75) is 6.42 Å². The first-order valence-electron chi connectivity index (χ1n) is 6.37. The van der Waals surface area contributed by atoms with E-state index in [4.69, 9.17) is 9.84 Å². The van der Waals surface area contributed by atoms with Crippen LogP contribution in [0.25, 0.3) is 0 Å². The van der Waals surface area contributed by atoms with E-state index >= 15 is 0 Å². The van der Waals surface area contributed by atoms with Crippen molar-refractivity contribution in [1.29, 1.82) is 0 Å². The van der Waals surface area contributed by atoms with E-state index in [0.717, 1.165) is 6.42 Å². The molecule has 0 unspecified atom stereocenters. The average Bonchev–Trinajstić information content (AvgIpc) is 2.89. The molecule has 0 aliphatic carbocycles. The van der Waals surface area contributed by atoms with Crippen molar-refractivity contribution in [2.24, 2.45) is 0 Å². The molecule has 108 valence electrons. The first kappa shape index (κ1) is 16.1. The van der Waals surface area contributed by atoms with Gasteiger partial charge in [0.15, 0.2) is 0 Å². The largest absolute Gasteiger partial charge is 0.395 e. The number of methoxy groups -OCH3 is 1. The Morgan fingerprint density at radius 2 is 2.37 bits per heavy atom. The predicted molar refractivity (Wildman–Crippen MR) is 76.4 cm³/mol. The SMILES string of the molecule is COCCN(CCO)CC(=O)NCCc1cccs1. The van der Waals surface area contributed by atoms with E-state index in [0.29, 0.717) is 32.8 Å². The van der Waals surface area contributed by atoms with Gasteiger partial charge in [0.25, 0.3) is 0 Å². The number of thiophene rings is 1. The Hall–Kier alpha value is -0.950. The Labute approximate surface area is 118 Å². The molecular formula is C13H22N2O3S. The maximum atomic E-state index is 11.7. The summed E-state index contributed by atoms with van der Waals surface area (Å²) in [6.07, 6.45) is 0.863. The molecule has 6 heteroatoms. The molecule has 0 saturated carbocycles. The second-order valence-corrected chi connectivity index (χ2v) is 5.20. The van der Waals surface area contributed by atoms with Crippen molar-refractivity contribution in [3.63, 3.8) is 0 Å². The van der Waals surface area contributed by atoms with Crippen LogP contribution in [0.1, 0.15) is 4.88 Å². The molecule has 0 aliphatic rings. The monoisotopic (exact) mass is 286 g/mol. The molecular weight excluding hydrogens is 264 g/mol. The number of nitrogens with zero attached hydrogens (tertiary/aromatic N) is 1. The van der Waals surface area contributed by atoms with Crippen LogP contribution in [0, 0.1) is 0 Å². The summed E-state index contributed by atoms with van der Waals surface area (Å²) in [6, 6.07) is 4.07. The van der Waals surface area contributed by atoms with Crippen LogP contribution in [0.3, 0.4) is 0 Å². The van der Waals surface area contributed by atoms with Gasteiger partial charge in [-0.2, -0.15) is 0 Å². The molecule has 1 heterocycles. The summed E-state index contributed by atoms with van der Waals surface area (Å²) < 4.78 is 4.98. The Kier molecular flexibility index (Phi) is 8.40. The number of amides is 1. The van der Waals surface area contributed by atoms with E-state index in [2.05, 4.69) is 11.4 Å². The highest BCUT2D eigenvalue weighted by Gasteiger charge is 2.09. The average molecular weight is 286 g/mol. The van der Waals surface area contributed by atoms with Crippen molar-refractivity contribution in [2.75, 3.05) is 46.5 Å². The number of carbonyl (C=O) groups is 1. The van der Waals surface area contributed by atoms with Crippen LogP contribution in [-0.4, -0.2) is 62.4 Å². The van der Waals surface area contributed by atoms with Gasteiger partial charge in [0.1, 0.15) is 0 Å². The quantitative estimate of drug-likeness (QED) is 0.651. The number of nitrogens with one attached hydrogen (secondary N) is 1. The number of carbonyl (C=O) groups excluding carboxylic acids is 1. The van der Waals surface area contributed by atoms with Crippen molar-refractivity contribution in [3.05, 3.63) is 22.4 Å². The van der Waals surface area contributed by atoms with Gasteiger partial charge in [-0.1, -0.05) is 6.07 Å². The number of ether oxygens (including phenoxy) is 1. The van der Waals surface area contributed by atoms with Gasteiger partial charge < -0.3 is 15.2 Å². The fourth-order valence-corrected chi connectivity index (χ4v) is 2.38. The fraction of sp³-hybridized carbons (Fsp3) is 0.615. The molecule has 5 nitrogen and oxygen atoms in total. The van der Waals surface area contributed by atoms with Crippen LogP contribution in [0.4, 0.5) is 0 Å². The topological polar surface area (TPSA) is 61.8 Å². The van der Waals surface area contributed by atoms with Gasteiger partial charge >= 0.3 is 0 Å². The Morgan fingerprint density at radius 3 is 3.00 bits per heavy atom. The summed E-state index contributed by atoms with van der Waals surface area (Å²) in [5, 5.41) is 13.9. The highest BCUT2D eigenvalue weighted by molar-refractivity contribution is 7.09. The van der Waals surface area contributed by atoms with Gasteiger partial charge in [-0.05, 0) is 17.9 Å². The van der Waals surface area contributed by atoms with E-state index in [1.165, 1.54) is 4.88 Å². The molecule has 0 saturated heterocycles. The highest BCUT2D eigenvalue weighted by atomic mass is 32.1. The first-order valence-corrected chi connectivity index (χ1v) is 7.25. The molecule has 0 atom stereocenters. The normalized spacial score (nSPS) is 10.9. The molecule has 0 bridgehead atoms. The summed E-state index contributed by atoms with van der Waals surface area (Å²) in [5.41, 5.74) is 0. The molecule has 19 heavy (non-hydrogen) atoms. The second-order valence-electron chi connectivity index (χ2n) is 4.17.